The van der Waals surface area contributed by atoms with E-state index in [0.29, 0.717) is 30.0 Å². The Morgan fingerprint density at radius 2 is 1.40 bits per heavy atom. The Labute approximate surface area is 501 Å². The molecule has 14 aliphatic rings. The lowest BCUT2D eigenvalue weighted by Crippen LogP contribution is -2.55. The number of nitrogens with zero attached hydrogens (tertiary/aromatic N) is 2. The van der Waals surface area contributed by atoms with Gasteiger partial charge in [-0.05, 0) is 257 Å². The standard InChI is InChI=1S/C79H114N2O/c1-5-55-23-27-59(28-24-55)61-33-47-77-72(50-61)73-51-62(34-48-78(73)81(77)64-17-11-8-12-18-64)60-31-39-66(40-32-60)80(65-37-29-58(30-38-65)57-15-9-7-10-16-57)67-41-46-71-70-19-13-14-20-74(70)79(76(71)52-67,75-49-53(3)21-22-54(75)4)63-35-44-69(45-36-63)82-68-42-25-56(6-2)26-43-68/h5-6,11,17,25,33,35,41-42,46,51,53-55,57-60,64-67,69,71-73,75-78H,1-2,7-10,12-16,18-24,26-32,34,36-40,43-45,47-50,52H2,3-4H3. The molecule has 0 radical (unpaired) electrons. The van der Waals surface area contributed by atoms with Gasteiger partial charge in [-0.25, -0.2) is 0 Å². The van der Waals surface area contributed by atoms with E-state index < -0.39 is 0 Å². The van der Waals surface area contributed by atoms with Crippen LogP contribution in [0.5, 0.6) is 0 Å². The molecule has 0 N–H and O–H groups in total. The third-order valence-electron chi connectivity index (χ3n) is 27.3. The number of allylic oxidation sites excluding steroid dienone is 13. The summed E-state index contributed by atoms with van der Waals surface area (Å²) in [5, 5.41) is 0. The summed E-state index contributed by atoms with van der Waals surface area (Å²) in [6.45, 7) is 13.6. The Morgan fingerprint density at radius 1 is 0.622 bits per heavy atom. The van der Waals surface area contributed by atoms with Crippen molar-refractivity contribution in [2.24, 2.45) is 76.4 Å². The van der Waals surface area contributed by atoms with Gasteiger partial charge in [0.1, 0.15) is 6.10 Å². The van der Waals surface area contributed by atoms with Gasteiger partial charge in [-0.2, -0.15) is 0 Å². The highest BCUT2D eigenvalue weighted by Gasteiger charge is 2.61. The third-order valence-corrected chi connectivity index (χ3v) is 27.3. The Hall–Kier alpha value is -2.88. The van der Waals surface area contributed by atoms with Crippen molar-refractivity contribution in [1.82, 2.24) is 9.80 Å². The van der Waals surface area contributed by atoms with Crippen LogP contribution in [0.2, 0.25) is 0 Å². The molecule has 13 unspecified atom stereocenters. The lowest BCUT2D eigenvalue weighted by atomic mass is 9.50. The molecule has 13 aliphatic carbocycles. The Kier molecular flexibility index (Phi) is 17.4. The average Bonchev–Trinajstić information content (AvgIpc) is 1.89. The molecule has 0 aromatic carbocycles. The number of hydrogen-bond donors (Lipinski definition) is 0. The Morgan fingerprint density at radius 3 is 2.15 bits per heavy atom. The molecule has 0 aromatic heterocycles. The average molecular weight is 1110 g/mol. The lowest BCUT2D eigenvalue weighted by Gasteiger charge is -2.56. The molecule has 0 amide bonds. The first kappa shape index (κ1) is 56.9. The van der Waals surface area contributed by atoms with E-state index in [9.17, 15) is 0 Å². The first-order valence-electron chi connectivity index (χ1n) is 36.4. The fourth-order valence-corrected chi connectivity index (χ4v) is 23.3. The van der Waals surface area contributed by atoms with Gasteiger partial charge in [0.05, 0.1) is 5.76 Å². The van der Waals surface area contributed by atoms with Gasteiger partial charge in [-0.3, -0.25) is 9.80 Å². The minimum atomic E-state index is 0.226. The zero-order valence-corrected chi connectivity index (χ0v) is 52.2. The van der Waals surface area contributed by atoms with E-state index in [2.05, 4.69) is 97.6 Å². The molecular weight excluding hydrogens is 993 g/mol. The van der Waals surface area contributed by atoms with Gasteiger partial charge in [0.15, 0.2) is 0 Å². The highest BCUT2D eigenvalue weighted by molar-refractivity contribution is 5.48. The second kappa shape index (κ2) is 25.1. The number of fused-ring (bicyclic) bond motifs is 5. The van der Waals surface area contributed by atoms with Gasteiger partial charge >= 0.3 is 0 Å². The summed E-state index contributed by atoms with van der Waals surface area (Å²) in [5.74, 6) is 10.9. The molecule has 3 heteroatoms. The van der Waals surface area contributed by atoms with Crippen LogP contribution in [-0.2, 0) is 4.74 Å². The summed E-state index contributed by atoms with van der Waals surface area (Å²) in [6, 6.07) is 4.21. The number of hydrogen-bond acceptors (Lipinski definition) is 3. The van der Waals surface area contributed by atoms with Crippen LogP contribution in [0.25, 0.3) is 0 Å². The van der Waals surface area contributed by atoms with E-state index in [1.807, 2.05) is 33.9 Å². The van der Waals surface area contributed by atoms with E-state index in [1.165, 1.54) is 230 Å². The van der Waals surface area contributed by atoms with Crippen molar-refractivity contribution < 1.29 is 4.74 Å². The van der Waals surface area contributed by atoms with E-state index in [4.69, 9.17) is 4.74 Å². The Bertz CT molecular complexity index is 2530. The van der Waals surface area contributed by atoms with Gasteiger partial charge in [0.2, 0.25) is 0 Å². The molecule has 3 nitrogen and oxygen atoms in total. The van der Waals surface area contributed by atoms with Crippen LogP contribution in [-0.4, -0.2) is 52.2 Å². The summed E-state index contributed by atoms with van der Waals surface area (Å²) >= 11 is 0. The van der Waals surface area contributed by atoms with Crippen LogP contribution in [0.4, 0.5) is 0 Å². The van der Waals surface area contributed by atoms with Crippen molar-refractivity contribution in [2.75, 3.05) is 0 Å². The second-order valence-electron chi connectivity index (χ2n) is 31.2. The summed E-state index contributed by atoms with van der Waals surface area (Å²) in [7, 11) is 0. The number of likely N-dealkylation sites (tertiary alicyclic amines) is 1. The van der Waals surface area contributed by atoms with Crippen LogP contribution in [0, 0.1) is 76.4 Å². The maximum absolute atomic E-state index is 6.93. The van der Waals surface area contributed by atoms with Gasteiger partial charge in [0.25, 0.3) is 0 Å². The molecule has 5 saturated carbocycles. The molecule has 14 rings (SSSR count). The van der Waals surface area contributed by atoms with E-state index in [0.717, 1.165) is 103 Å². The number of ether oxygens (including phenoxy) is 1. The molecular formula is C79H114N2O. The van der Waals surface area contributed by atoms with E-state index >= 15 is 0 Å². The summed E-state index contributed by atoms with van der Waals surface area (Å²) in [6.07, 6.45) is 79.8. The third kappa shape index (κ3) is 10.9. The van der Waals surface area contributed by atoms with Crippen LogP contribution in [0.15, 0.2) is 119 Å². The van der Waals surface area contributed by atoms with Crippen molar-refractivity contribution in [2.45, 2.75) is 294 Å². The lowest BCUT2D eigenvalue weighted by molar-refractivity contribution is -0.00459. The van der Waals surface area contributed by atoms with Crippen molar-refractivity contribution in [1.29, 1.82) is 0 Å². The number of rotatable bonds is 13. The van der Waals surface area contributed by atoms with Crippen molar-refractivity contribution >= 4 is 0 Å². The van der Waals surface area contributed by atoms with Crippen LogP contribution >= 0.6 is 0 Å². The first-order valence-corrected chi connectivity index (χ1v) is 36.4. The molecule has 82 heavy (non-hydrogen) atoms. The zero-order valence-electron chi connectivity index (χ0n) is 52.2. The molecule has 6 fully saturated rings. The quantitative estimate of drug-likeness (QED) is 0.171. The van der Waals surface area contributed by atoms with Crippen molar-refractivity contribution in [3.05, 3.63) is 119 Å². The van der Waals surface area contributed by atoms with Crippen LogP contribution < -0.4 is 0 Å². The van der Waals surface area contributed by atoms with Gasteiger partial charge < -0.3 is 4.74 Å². The van der Waals surface area contributed by atoms with Gasteiger partial charge in [0, 0.05) is 60.4 Å². The minimum absolute atomic E-state index is 0.226. The molecule has 1 aliphatic heterocycles. The van der Waals surface area contributed by atoms with Crippen LogP contribution in [0.3, 0.4) is 0 Å². The summed E-state index contributed by atoms with van der Waals surface area (Å²) in [5.41, 5.74) is 11.2. The predicted molar refractivity (Wildman–Crippen MR) is 344 cm³/mol. The Balaban J connectivity index is 0.744. The molecule has 0 spiro atoms. The maximum Gasteiger partial charge on any atom is 0.102 e. The highest BCUT2D eigenvalue weighted by Crippen LogP contribution is 2.69. The molecule has 446 valence electrons. The zero-order chi connectivity index (χ0) is 55.3. The summed E-state index contributed by atoms with van der Waals surface area (Å²) in [4.78, 5) is 6.53. The highest BCUT2D eigenvalue weighted by atomic mass is 16.5. The first-order chi connectivity index (χ1) is 40.3. The van der Waals surface area contributed by atoms with Crippen molar-refractivity contribution in [3.63, 3.8) is 0 Å². The van der Waals surface area contributed by atoms with Crippen LogP contribution in [0.1, 0.15) is 251 Å². The van der Waals surface area contributed by atoms with E-state index in [-0.39, 0.29) is 5.41 Å². The SMILES string of the molecule is C=CC1=CC=C(OC2CC=C(C3(C4CC(C)CCC4C)C4=C(CCCC4)C4C=CC(N(C5CCC(C6=CC7C8CC(C9CCC(C=C)CC9)=CCC8N(C8C=CCCC8)C7CC6)CC5)C5CCC(C6CCCCC6)CC5)CC43)CC2)CC1. The van der Waals surface area contributed by atoms with Crippen molar-refractivity contribution in [3.8, 4) is 0 Å². The molecule has 0 bridgehead atoms. The topological polar surface area (TPSA) is 15.7 Å². The minimum Gasteiger partial charge on any atom is -0.494 e. The van der Waals surface area contributed by atoms with E-state index in [1.54, 1.807) is 0 Å². The van der Waals surface area contributed by atoms with Gasteiger partial charge in [-0.15, -0.1) is 6.58 Å². The molecule has 1 heterocycles. The summed E-state index contributed by atoms with van der Waals surface area (Å²) < 4.78 is 6.93. The predicted octanol–water partition coefficient (Wildman–Crippen LogP) is 20.6. The maximum atomic E-state index is 6.93. The second-order valence-corrected chi connectivity index (χ2v) is 31.2. The monoisotopic (exact) mass is 1110 g/mol. The molecule has 0 aromatic rings. The smallest absolute Gasteiger partial charge is 0.102 e. The van der Waals surface area contributed by atoms with Gasteiger partial charge in [-0.1, -0.05) is 154 Å². The fourth-order valence-electron chi connectivity index (χ4n) is 23.3. The largest absolute Gasteiger partial charge is 0.494 e. The normalized spacial score (nSPS) is 43.8. The fraction of sp³-hybridized carbons (Fsp3) is 0.747. The molecule has 13 atom stereocenters. The molecule has 1 saturated heterocycles.